The number of rotatable bonds is 22. The number of quaternary nitrogens is 1. The van der Waals surface area contributed by atoms with Crippen LogP contribution in [0.15, 0.2) is 12.2 Å². The summed E-state index contributed by atoms with van der Waals surface area (Å²) in [5.74, 6) is 0. The first-order valence-electron chi connectivity index (χ1n) is 12.8. The zero-order valence-corrected chi connectivity index (χ0v) is 23.3. The number of nitrogens with one attached hydrogen (secondary N) is 1. The Morgan fingerprint density at radius 3 is 1.72 bits per heavy atom. The molecule has 0 atom stereocenters. The van der Waals surface area contributed by atoms with Gasteiger partial charge in [-0.1, -0.05) is 97.0 Å². The maximum absolute atomic E-state index is 11.6. The van der Waals surface area contributed by atoms with Crippen LogP contribution in [0.5, 0.6) is 0 Å². The summed E-state index contributed by atoms with van der Waals surface area (Å²) in [6.45, 7) is 9.10. The fourth-order valence-electron chi connectivity index (χ4n) is 3.37. The first-order valence-corrected chi connectivity index (χ1v) is 12.8. The second-order valence-electron chi connectivity index (χ2n) is 9.92. The van der Waals surface area contributed by atoms with Gasteiger partial charge in [-0.3, -0.25) is 0 Å². The third-order valence-corrected chi connectivity index (χ3v) is 5.41. The molecule has 0 aromatic carbocycles. The van der Waals surface area contributed by atoms with Gasteiger partial charge in [0.15, 0.2) is 0 Å². The van der Waals surface area contributed by atoms with Crippen LogP contribution < -0.4 is 22.3 Å². The van der Waals surface area contributed by atoms with Crippen LogP contribution in [0.25, 0.3) is 0 Å². The minimum atomic E-state index is -0.387. The van der Waals surface area contributed by atoms with Crippen molar-refractivity contribution in [1.29, 1.82) is 0 Å². The average molecular weight is 522 g/mol. The second-order valence-corrected chi connectivity index (χ2v) is 9.92. The van der Waals surface area contributed by atoms with E-state index in [1.165, 1.54) is 83.5 Å². The highest BCUT2D eigenvalue weighted by Crippen LogP contribution is 2.13. The first-order chi connectivity index (χ1) is 14.8. The number of alkyl carbamates (subject to hydrolysis) is 1. The van der Waals surface area contributed by atoms with Gasteiger partial charge >= 0.3 is 6.09 Å². The molecular formula is C26H53BrN2O3. The molecule has 0 unspecified atom stereocenters. The van der Waals surface area contributed by atoms with E-state index in [1.807, 2.05) is 0 Å². The van der Waals surface area contributed by atoms with Crippen LogP contribution in [-0.4, -0.2) is 64.6 Å². The number of halogens is 1. The van der Waals surface area contributed by atoms with E-state index >= 15 is 0 Å². The monoisotopic (exact) mass is 520 g/mol. The van der Waals surface area contributed by atoms with Crippen molar-refractivity contribution in [3.8, 4) is 0 Å². The van der Waals surface area contributed by atoms with Gasteiger partial charge < -0.3 is 36.3 Å². The molecule has 0 bridgehead atoms. The van der Waals surface area contributed by atoms with E-state index in [9.17, 15) is 4.79 Å². The lowest BCUT2D eigenvalue weighted by atomic mass is 10.0. The van der Waals surface area contributed by atoms with E-state index < -0.39 is 0 Å². The Bertz CT molecular complexity index is 439. The standard InChI is InChI=1S/C26H52N2O3.BrH/c1-6-7-8-9-10-11-12-13-14-15-16-17-18-19-22-30-23-25(2)24-31-26(29)27-20-21-28(3,4)5;/h2,6-24H2,1,3-5H3;1H. The Labute approximate surface area is 210 Å². The van der Waals surface area contributed by atoms with Gasteiger partial charge in [0, 0.05) is 6.61 Å². The first kappa shape index (κ1) is 33.6. The number of unbranched alkanes of at least 4 members (excludes halogenated alkanes) is 13. The fraction of sp³-hybridized carbons (Fsp3) is 0.885. The van der Waals surface area contributed by atoms with Gasteiger partial charge in [-0.05, 0) is 12.0 Å². The van der Waals surface area contributed by atoms with E-state index in [-0.39, 0.29) is 29.7 Å². The van der Waals surface area contributed by atoms with Crippen molar-refractivity contribution in [3.63, 3.8) is 0 Å². The Morgan fingerprint density at radius 1 is 0.781 bits per heavy atom. The summed E-state index contributed by atoms with van der Waals surface area (Å²) < 4.78 is 11.6. The average Bonchev–Trinajstić information content (AvgIpc) is 2.71. The predicted molar refractivity (Wildman–Crippen MR) is 133 cm³/mol. The summed E-state index contributed by atoms with van der Waals surface area (Å²) >= 11 is 0. The lowest BCUT2D eigenvalue weighted by molar-refractivity contribution is -0.869. The van der Waals surface area contributed by atoms with Crippen LogP contribution in [0.2, 0.25) is 0 Å². The molecule has 0 rings (SSSR count). The highest BCUT2D eigenvalue weighted by atomic mass is 79.9. The number of amides is 1. The quantitative estimate of drug-likeness (QED) is 0.135. The molecule has 0 aromatic rings. The molecule has 0 aliphatic carbocycles. The summed E-state index contributed by atoms with van der Waals surface area (Å²) in [4.78, 5) is 11.6. The number of carbonyl (C=O) groups excluding carboxylic acids is 1. The van der Waals surface area contributed by atoms with Crippen molar-refractivity contribution in [1.82, 2.24) is 5.32 Å². The fourth-order valence-corrected chi connectivity index (χ4v) is 3.37. The van der Waals surface area contributed by atoms with Crippen molar-refractivity contribution in [2.24, 2.45) is 0 Å². The summed E-state index contributed by atoms with van der Waals surface area (Å²) in [5.41, 5.74) is 0.798. The van der Waals surface area contributed by atoms with Crippen molar-refractivity contribution in [2.45, 2.75) is 96.8 Å². The van der Waals surface area contributed by atoms with E-state index in [0.717, 1.165) is 29.6 Å². The molecule has 32 heavy (non-hydrogen) atoms. The van der Waals surface area contributed by atoms with Gasteiger partial charge in [0.2, 0.25) is 0 Å². The lowest BCUT2D eigenvalue weighted by Gasteiger charge is -2.23. The lowest BCUT2D eigenvalue weighted by Crippen LogP contribution is -3.00. The molecule has 1 amide bonds. The zero-order chi connectivity index (χ0) is 23.2. The van der Waals surface area contributed by atoms with Gasteiger partial charge in [-0.2, -0.15) is 0 Å². The van der Waals surface area contributed by atoms with Crippen LogP contribution in [0.3, 0.4) is 0 Å². The number of hydrogen-bond donors (Lipinski definition) is 1. The SMILES string of the molecule is C=C(COCCCCCCCCCCCCCCCC)COC(=O)NCC[N+](C)(C)C.[Br-]. The molecule has 0 saturated carbocycles. The summed E-state index contributed by atoms with van der Waals surface area (Å²) in [7, 11) is 6.26. The summed E-state index contributed by atoms with van der Waals surface area (Å²) in [5, 5.41) is 2.76. The number of carbonyl (C=O) groups is 1. The van der Waals surface area contributed by atoms with Crippen LogP contribution in [0.4, 0.5) is 4.79 Å². The van der Waals surface area contributed by atoms with Crippen LogP contribution in [-0.2, 0) is 9.47 Å². The minimum absolute atomic E-state index is 0. The minimum Gasteiger partial charge on any atom is -1.00 e. The topological polar surface area (TPSA) is 47.6 Å². The van der Waals surface area contributed by atoms with Crippen molar-refractivity contribution >= 4 is 6.09 Å². The summed E-state index contributed by atoms with van der Waals surface area (Å²) in [6.07, 6.45) is 18.7. The van der Waals surface area contributed by atoms with Crippen molar-refractivity contribution in [3.05, 3.63) is 12.2 Å². The third-order valence-electron chi connectivity index (χ3n) is 5.41. The van der Waals surface area contributed by atoms with Gasteiger partial charge in [-0.25, -0.2) is 4.79 Å². The predicted octanol–water partition coefficient (Wildman–Crippen LogP) is 3.48. The molecule has 0 fully saturated rings. The van der Waals surface area contributed by atoms with Crippen molar-refractivity contribution in [2.75, 3.05) is 54.1 Å². The maximum atomic E-state index is 11.6. The molecule has 6 heteroatoms. The molecule has 0 heterocycles. The summed E-state index contributed by atoms with van der Waals surface area (Å²) in [6, 6.07) is 0. The largest absolute Gasteiger partial charge is 1.00 e. The molecular weight excluding hydrogens is 468 g/mol. The Balaban J connectivity index is 0. The normalized spacial score (nSPS) is 11.1. The van der Waals surface area contributed by atoms with Crippen LogP contribution >= 0.6 is 0 Å². The number of ether oxygens (including phenoxy) is 2. The van der Waals surface area contributed by atoms with Crippen molar-refractivity contribution < 1.29 is 35.7 Å². The van der Waals surface area contributed by atoms with Gasteiger partial charge in [0.1, 0.15) is 6.61 Å². The molecule has 0 aliphatic heterocycles. The van der Waals surface area contributed by atoms with Crippen LogP contribution in [0.1, 0.15) is 96.8 Å². The molecule has 5 nitrogen and oxygen atoms in total. The Kier molecular flexibility index (Phi) is 24.7. The number of likely N-dealkylation sites (N-methyl/N-ethyl adjacent to an activating group) is 1. The van der Waals surface area contributed by atoms with Crippen LogP contribution in [0, 0.1) is 0 Å². The van der Waals surface area contributed by atoms with Gasteiger partial charge in [0.05, 0.1) is 40.8 Å². The Hall–Kier alpha value is -0.590. The third kappa shape index (κ3) is 27.4. The van der Waals surface area contributed by atoms with Gasteiger partial charge in [-0.15, -0.1) is 0 Å². The molecule has 0 aromatic heterocycles. The van der Waals surface area contributed by atoms with Gasteiger partial charge in [0.25, 0.3) is 0 Å². The van der Waals surface area contributed by atoms with E-state index in [0.29, 0.717) is 13.2 Å². The van der Waals surface area contributed by atoms with E-state index in [2.05, 4.69) is 40.0 Å². The number of nitrogens with zero attached hydrogens (tertiary/aromatic N) is 1. The highest BCUT2D eigenvalue weighted by molar-refractivity contribution is 5.67. The number of hydrogen-bond acceptors (Lipinski definition) is 3. The highest BCUT2D eigenvalue weighted by Gasteiger charge is 2.08. The second kappa shape index (κ2) is 23.6. The smallest absolute Gasteiger partial charge is 0.407 e. The molecule has 0 saturated heterocycles. The molecule has 1 N–H and O–H groups in total. The van der Waals surface area contributed by atoms with E-state index in [4.69, 9.17) is 9.47 Å². The molecule has 192 valence electrons. The maximum Gasteiger partial charge on any atom is 0.407 e. The molecule has 0 spiro atoms. The molecule has 0 radical (unpaired) electrons. The van der Waals surface area contributed by atoms with E-state index in [1.54, 1.807) is 0 Å². The Morgan fingerprint density at radius 2 is 1.25 bits per heavy atom. The zero-order valence-electron chi connectivity index (χ0n) is 21.7. The molecule has 0 aliphatic rings.